The number of nitrogens with one attached hydrogen (secondary N) is 1. The number of rotatable bonds is 4. The summed E-state index contributed by atoms with van der Waals surface area (Å²) in [6.45, 7) is 3.94. The van der Waals surface area contributed by atoms with Crippen LogP contribution in [0.3, 0.4) is 0 Å². The van der Waals surface area contributed by atoms with Gasteiger partial charge in [-0.2, -0.15) is 0 Å². The second kappa shape index (κ2) is 7.19. The lowest BCUT2D eigenvalue weighted by Crippen LogP contribution is -2.13. The van der Waals surface area contributed by atoms with Crippen molar-refractivity contribution in [2.75, 3.05) is 0 Å². The number of thiophene rings is 1. The van der Waals surface area contributed by atoms with E-state index < -0.39 is 0 Å². The summed E-state index contributed by atoms with van der Waals surface area (Å²) < 4.78 is 0. The van der Waals surface area contributed by atoms with Crippen LogP contribution in [0.1, 0.15) is 19.7 Å². The minimum atomic E-state index is -0.116. The van der Waals surface area contributed by atoms with Crippen molar-refractivity contribution >= 4 is 38.5 Å². The summed E-state index contributed by atoms with van der Waals surface area (Å²) in [6, 6.07) is 10.0. The number of hydrogen-bond donors (Lipinski definition) is 2. The van der Waals surface area contributed by atoms with E-state index in [0.29, 0.717) is 22.1 Å². The first-order valence-corrected chi connectivity index (χ1v) is 9.43. The predicted octanol–water partition coefficient (Wildman–Crippen LogP) is 3.61. The molecule has 0 amide bonds. The van der Waals surface area contributed by atoms with Crippen LogP contribution in [0, 0.1) is 0 Å². The number of thioether (sulfide) groups is 1. The summed E-state index contributed by atoms with van der Waals surface area (Å²) in [7, 11) is 0. The van der Waals surface area contributed by atoms with E-state index >= 15 is 0 Å². The molecule has 0 saturated heterocycles. The van der Waals surface area contributed by atoms with Gasteiger partial charge in [0.1, 0.15) is 10.7 Å². The lowest BCUT2D eigenvalue weighted by Gasteiger charge is -2.04. The van der Waals surface area contributed by atoms with Crippen molar-refractivity contribution in [3.63, 3.8) is 0 Å². The molecule has 0 spiro atoms. The molecule has 124 valence electrons. The van der Waals surface area contributed by atoms with Crippen LogP contribution in [-0.2, 0) is 5.75 Å². The SMILES string of the molecule is CC(C)N=C(N)SCc1nc2scc(-c3ccccc3)c2c(=O)[nH]1. The Morgan fingerprint density at radius 3 is 2.83 bits per heavy atom. The highest BCUT2D eigenvalue weighted by Crippen LogP contribution is 2.30. The zero-order chi connectivity index (χ0) is 17.1. The van der Waals surface area contributed by atoms with E-state index in [1.54, 1.807) is 0 Å². The summed E-state index contributed by atoms with van der Waals surface area (Å²) in [5, 5.41) is 3.13. The molecule has 0 fully saturated rings. The summed E-state index contributed by atoms with van der Waals surface area (Å²) in [5.74, 6) is 1.10. The lowest BCUT2D eigenvalue weighted by atomic mass is 10.1. The first kappa shape index (κ1) is 16.7. The second-order valence-corrected chi connectivity index (χ2v) is 7.41. The smallest absolute Gasteiger partial charge is 0.260 e. The van der Waals surface area contributed by atoms with Gasteiger partial charge in [0.15, 0.2) is 5.17 Å². The van der Waals surface area contributed by atoms with E-state index in [1.807, 2.05) is 49.6 Å². The largest absolute Gasteiger partial charge is 0.379 e. The first-order chi connectivity index (χ1) is 11.5. The number of benzene rings is 1. The Morgan fingerprint density at radius 2 is 2.12 bits per heavy atom. The number of hydrogen-bond acceptors (Lipinski definition) is 5. The molecule has 5 nitrogen and oxygen atoms in total. The highest BCUT2D eigenvalue weighted by Gasteiger charge is 2.13. The first-order valence-electron chi connectivity index (χ1n) is 7.56. The topological polar surface area (TPSA) is 84.1 Å². The van der Waals surface area contributed by atoms with Crippen molar-refractivity contribution in [3.05, 3.63) is 51.9 Å². The summed E-state index contributed by atoms with van der Waals surface area (Å²) >= 11 is 2.86. The molecule has 0 atom stereocenters. The molecule has 3 aromatic rings. The van der Waals surface area contributed by atoms with Crippen LogP contribution in [0.15, 0.2) is 45.5 Å². The Kier molecular flexibility index (Phi) is 5.01. The van der Waals surface area contributed by atoms with Gasteiger partial charge in [0.05, 0.1) is 11.1 Å². The summed E-state index contributed by atoms with van der Waals surface area (Å²) in [6.07, 6.45) is 0. The van der Waals surface area contributed by atoms with E-state index in [9.17, 15) is 4.79 Å². The molecule has 24 heavy (non-hydrogen) atoms. The van der Waals surface area contributed by atoms with Gasteiger partial charge in [-0.3, -0.25) is 9.79 Å². The maximum atomic E-state index is 12.5. The second-order valence-electron chi connectivity index (χ2n) is 5.56. The molecule has 7 heteroatoms. The van der Waals surface area contributed by atoms with Gasteiger partial charge in [-0.25, -0.2) is 4.98 Å². The molecule has 0 aliphatic heterocycles. The number of amidine groups is 1. The maximum Gasteiger partial charge on any atom is 0.260 e. The molecule has 0 radical (unpaired) electrons. The summed E-state index contributed by atoms with van der Waals surface area (Å²) in [5.41, 5.74) is 7.67. The predicted molar refractivity (Wildman–Crippen MR) is 104 cm³/mol. The van der Waals surface area contributed by atoms with E-state index in [4.69, 9.17) is 5.73 Å². The number of nitrogens with two attached hydrogens (primary N) is 1. The fourth-order valence-corrected chi connectivity index (χ4v) is 4.00. The van der Waals surface area contributed by atoms with Gasteiger partial charge in [-0.15, -0.1) is 11.3 Å². The van der Waals surface area contributed by atoms with E-state index in [2.05, 4.69) is 15.0 Å². The Balaban J connectivity index is 1.91. The molecular formula is C17H18N4OS2. The monoisotopic (exact) mass is 358 g/mol. The Hall–Kier alpha value is -2.12. The number of H-pyrrole nitrogens is 1. The van der Waals surface area contributed by atoms with Crippen molar-refractivity contribution < 1.29 is 0 Å². The molecular weight excluding hydrogens is 340 g/mol. The standard InChI is InChI=1S/C17H18N4OS2/c1-10(2)19-17(18)24-9-13-20-15(22)14-12(8-23-16(14)21-13)11-6-4-3-5-7-11/h3-8,10H,9H2,1-2H3,(H2,18,19)(H,20,21,22). The minimum absolute atomic E-state index is 0.116. The molecule has 0 saturated carbocycles. The highest BCUT2D eigenvalue weighted by atomic mass is 32.2. The molecule has 2 aromatic heterocycles. The number of aromatic amines is 1. The molecule has 3 N–H and O–H groups in total. The third-order valence-corrected chi connectivity index (χ3v) is 5.01. The molecule has 0 aliphatic carbocycles. The van der Waals surface area contributed by atoms with E-state index in [0.717, 1.165) is 16.0 Å². The average Bonchev–Trinajstić information content (AvgIpc) is 2.98. The fraction of sp³-hybridized carbons (Fsp3) is 0.235. The molecule has 2 heterocycles. The zero-order valence-corrected chi connectivity index (χ0v) is 15.1. The number of nitrogens with zero attached hydrogens (tertiary/aromatic N) is 2. The zero-order valence-electron chi connectivity index (χ0n) is 13.4. The normalized spacial score (nSPS) is 12.2. The molecule has 3 rings (SSSR count). The van der Waals surface area contributed by atoms with Crippen LogP contribution in [-0.4, -0.2) is 21.2 Å². The highest BCUT2D eigenvalue weighted by molar-refractivity contribution is 8.13. The van der Waals surface area contributed by atoms with Crippen LogP contribution in [0.4, 0.5) is 0 Å². The fourth-order valence-electron chi connectivity index (χ4n) is 2.33. The Bertz CT molecular complexity index is 929. The van der Waals surface area contributed by atoms with Crippen molar-refractivity contribution in [1.82, 2.24) is 9.97 Å². The van der Waals surface area contributed by atoms with Crippen LogP contribution in [0.25, 0.3) is 21.3 Å². The van der Waals surface area contributed by atoms with Crippen molar-refractivity contribution in [1.29, 1.82) is 0 Å². The van der Waals surface area contributed by atoms with E-state index in [-0.39, 0.29) is 11.6 Å². The van der Waals surface area contributed by atoms with Crippen LogP contribution >= 0.6 is 23.1 Å². The van der Waals surface area contributed by atoms with Gasteiger partial charge in [0.25, 0.3) is 5.56 Å². The number of aromatic nitrogens is 2. The van der Waals surface area contributed by atoms with Crippen LogP contribution in [0.5, 0.6) is 0 Å². The van der Waals surface area contributed by atoms with Gasteiger partial charge in [-0.05, 0) is 19.4 Å². The van der Waals surface area contributed by atoms with Crippen molar-refractivity contribution in [3.8, 4) is 11.1 Å². The maximum absolute atomic E-state index is 12.5. The van der Waals surface area contributed by atoms with Gasteiger partial charge in [-0.1, -0.05) is 42.1 Å². The molecule has 1 aromatic carbocycles. The van der Waals surface area contributed by atoms with Crippen LogP contribution in [0.2, 0.25) is 0 Å². The Labute approximate surface area is 148 Å². The molecule has 0 unspecified atom stereocenters. The average molecular weight is 358 g/mol. The summed E-state index contributed by atoms with van der Waals surface area (Å²) in [4.78, 5) is 25.0. The van der Waals surface area contributed by atoms with Gasteiger partial charge < -0.3 is 10.7 Å². The molecule has 0 bridgehead atoms. The number of fused-ring (bicyclic) bond motifs is 1. The quantitative estimate of drug-likeness (QED) is 0.551. The minimum Gasteiger partial charge on any atom is -0.379 e. The molecule has 0 aliphatic rings. The third-order valence-electron chi connectivity index (χ3n) is 3.32. The lowest BCUT2D eigenvalue weighted by molar-refractivity contribution is 0.838. The van der Waals surface area contributed by atoms with Gasteiger partial charge >= 0.3 is 0 Å². The van der Waals surface area contributed by atoms with Gasteiger partial charge in [0, 0.05) is 17.0 Å². The van der Waals surface area contributed by atoms with Crippen molar-refractivity contribution in [2.45, 2.75) is 25.6 Å². The van der Waals surface area contributed by atoms with E-state index in [1.165, 1.54) is 23.1 Å². The Morgan fingerprint density at radius 1 is 1.38 bits per heavy atom. The van der Waals surface area contributed by atoms with Crippen molar-refractivity contribution in [2.24, 2.45) is 10.7 Å². The number of aliphatic imine (C=N–C) groups is 1. The third kappa shape index (κ3) is 3.68. The van der Waals surface area contributed by atoms with Crippen LogP contribution < -0.4 is 11.3 Å². The van der Waals surface area contributed by atoms with Gasteiger partial charge in [0.2, 0.25) is 0 Å².